The number of hydrogen-bond acceptors (Lipinski definition) is 2. The van der Waals surface area contributed by atoms with Crippen molar-refractivity contribution in [3.8, 4) is 0 Å². The molecule has 0 saturated heterocycles. The molecule has 128 valence electrons. The monoisotopic (exact) mass is 335 g/mol. The number of aliphatic carboxylic acids is 1. The van der Waals surface area contributed by atoms with Crippen LogP contribution in [-0.2, 0) is 21.4 Å². The van der Waals surface area contributed by atoms with Crippen molar-refractivity contribution in [2.75, 3.05) is 0 Å². The lowest BCUT2D eigenvalue weighted by Crippen LogP contribution is -2.33. The molecule has 0 bridgehead atoms. The third-order valence-corrected chi connectivity index (χ3v) is 5.68. The molecule has 4 nitrogen and oxygen atoms in total. The summed E-state index contributed by atoms with van der Waals surface area (Å²) in [6.45, 7) is 0. The van der Waals surface area contributed by atoms with Crippen LogP contribution in [0.4, 0.5) is 0 Å². The van der Waals surface area contributed by atoms with Crippen molar-refractivity contribution in [2.45, 2.75) is 37.1 Å². The highest BCUT2D eigenvalue weighted by Crippen LogP contribution is 2.61. The molecule has 1 amide bonds. The standard InChI is InChI=1S/C21H21NO3/c23-19(24)12-18(15-7-2-1-3-8-15)22-20(25)17-13-21(17)11-10-14-6-4-5-9-16(14)21/h1-9,17-18H,10-13H2,(H,22,25)(H,23,24). The Morgan fingerprint density at radius 1 is 1.12 bits per heavy atom. The van der Waals surface area contributed by atoms with E-state index in [1.807, 2.05) is 42.5 Å². The van der Waals surface area contributed by atoms with Crippen molar-refractivity contribution in [1.82, 2.24) is 5.32 Å². The van der Waals surface area contributed by atoms with Crippen LogP contribution in [0.15, 0.2) is 54.6 Å². The molecule has 3 unspecified atom stereocenters. The first-order valence-electron chi connectivity index (χ1n) is 8.76. The van der Waals surface area contributed by atoms with Gasteiger partial charge in [0.25, 0.3) is 0 Å². The summed E-state index contributed by atoms with van der Waals surface area (Å²) in [5, 5.41) is 12.2. The zero-order valence-electron chi connectivity index (χ0n) is 13.9. The van der Waals surface area contributed by atoms with E-state index < -0.39 is 12.0 Å². The Kier molecular flexibility index (Phi) is 3.83. The van der Waals surface area contributed by atoms with Crippen molar-refractivity contribution in [2.24, 2.45) is 5.92 Å². The van der Waals surface area contributed by atoms with Crippen molar-refractivity contribution in [3.63, 3.8) is 0 Å². The fourth-order valence-electron chi connectivity index (χ4n) is 4.32. The Morgan fingerprint density at radius 2 is 1.84 bits per heavy atom. The van der Waals surface area contributed by atoms with Crippen molar-refractivity contribution >= 4 is 11.9 Å². The zero-order valence-corrected chi connectivity index (χ0v) is 13.9. The van der Waals surface area contributed by atoms with E-state index in [0.29, 0.717) is 0 Å². The predicted molar refractivity (Wildman–Crippen MR) is 94.1 cm³/mol. The van der Waals surface area contributed by atoms with Crippen LogP contribution in [0.1, 0.15) is 42.0 Å². The van der Waals surface area contributed by atoms with E-state index in [9.17, 15) is 14.7 Å². The van der Waals surface area contributed by atoms with Crippen LogP contribution in [0.3, 0.4) is 0 Å². The smallest absolute Gasteiger partial charge is 0.305 e. The van der Waals surface area contributed by atoms with Gasteiger partial charge in [-0.05, 0) is 36.0 Å². The topological polar surface area (TPSA) is 66.4 Å². The Balaban J connectivity index is 1.51. The first kappa shape index (κ1) is 15.9. The summed E-state index contributed by atoms with van der Waals surface area (Å²) in [5.74, 6) is -0.978. The minimum Gasteiger partial charge on any atom is -0.481 e. The van der Waals surface area contributed by atoms with E-state index >= 15 is 0 Å². The molecule has 0 heterocycles. The van der Waals surface area contributed by atoms with Gasteiger partial charge in [0, 0.05) is 11.3 Å². The number of fused-ring (bicyclic) bond motifs is 2. The van der Waals surface area contributed by atoms with Crippen molar-refractivity contribution < 1.29 is 14.7 Å². The van der Waals surface area contributed by atoms with Gasteiger partial charge < -0.3 is 10.4 Å². The van der Waals surface area contributed by atoms with Gasteiger partial charge in [-0.15, -0.1) is 0 Å². The third-order valence-electron chi connectivity index (χ3n) is 5.68. The first-order chi connectivity index (χ1) is 12.1. The molecule has 1 saturated carbocycles. The Hall–Kier alpha value is -2.62. The van der Waals surface area contributed by atoms with E-state index in [4.69, 9.17) is 0 Å². The highest BCUT2D eigenvalue weighted by Gasteiger charge is 2.61. The van der Waals surface area contributed by atoms with Gasteiger partial charge in [-0.2, -0.15) is 0 Å². The summed E-state index contributed by atoms with van der Waals surface area (Å²) >= 11 is 0. The highest BCUT2D eigenvalue weighted by atomic mass is 16.4. The highest BCUT2D eigenvalue weighted by molar-refractivity contribution is 5.85. The average molecular weight is 335 g/mol. The van der Waals surface area contributed by atoms with Gasteiger partial charge in [-0.25, -0.2) is 0 Å². The second-order valence-corrected chi connectivity index (χ2v) is 7.14. The fourth-order valence-corrected chi connectivity index (χ4v) is 4.32. The second kappa shape index (κ2) is 6.03. The summed E-state index contributed by atoms with van der Waals surface area (Å²) in [6.07, 6.45) is 2.80. The molecule has 2 N–H and O–H groups in total. The van der Waals surface area contributed by atoms with Crippen LogP contribution in [0.2, 0.25) is 0 Å². The average Bonchev–Trinajstić information content (AvgIpc) is 3.24. The fraction of sp³-hybridized carbons (Fsp3) is 0.333. The number of benzene rings is 2. The van der Waals surface area contributed by atoms with Gasteiger partial charge in [-0.3, -0.25) is 9.59 Å². The lowest BCUT2D eigenvalue weighted by molar-refractivity contribution is -0.137. The SMILES string of the molecule is O=C(O)CC(NC(=O)C1CC12CCc1ccccc12)c1ccccc1. The molecule has 25 heavy (non-hydrogen) atoms. The Labute approximate surface area is 146 Å². The molecule has 1 fully saturated rings. The zero-order chi connectivity index (χ0) is 17.4. The third kappa shape index (κ3) is 2.82. The number of carboxylic acids is 1. The predicted octanol–water partition coefficient (Wildman–Crippen LogP) is 3.22. The summed E-state index contributed by atoms with van der Waals surface area (Å²) in [6, 6.07) is 17.2. The number of carbonyl (C=O) groups excluding carboxylic acids is 1. The maximum atomic E-state index is 12.8. The lowest BCUT2D eigenvalue weighted by Gasteiger charge is -2.19. The van der Waals surface area contributed by atoms with E-state index in [0.717, 1.165) is 24.8 Å². The van der Waals surface area contributed by atoms with E-state index in [-0.39, 0.29) is 23.7 Å². The summed E-state index contributed by atoms with van der Waals surface area (Å²) in [7, 11) is 0. The summed E-state index contributed by atoms with van der Waals surface area (Å²) in [4.78, 5) is 24.0. The molecular weight excluding hydrogens is 314 g/mol. The maximum absolute atomic E-state index is 12.8. The van der Waals surface area contributed by atoms with Gasteiger partial charge in [0.1, 0.15) is 0 Å². The van der Waals surface area contributed by atoms with Crippen LogP contribution < -0.4 is 5.32 Å². The minimum atomic E-state index is -0.911. The minimum absolute atomic E-state index is 0.0215. The quantitative estimate of drug-likeness (QED) is 0.882. The number of amides is 1. The molecule has 0 aromatic heterocycles. The van der Waals surface area contributed by atoms with Crippen LogP contribution >= 0.6 is 0 Å². The molecule has 3 atom stereocenters. The molecule has 1 spiro atoms. The molecule has 0 radical (unpaired) electrons. The van der Waals surface area contributed by atoms with E-state index in [1.165, 1.54) is 11.1 Å². The van der Waals surface area contributed by atoms with Crippen LogP contribution in [0.25, 0.3) is 0 Å². The lowest BCUT2D eigenvalue weighted by atomic mass is 9.95. The van der Waals surface area contributed by atoms with Gasteiger partial charge in [0.15, 0.2) is 0 Å². The van der Waals surface area contributed by atoms with E-state index in [2.05, 4.69) is 17.4 Å². The van der Waals surface area contributed by atoms with E-state index in [1.54, 1.807) is 0 Å². The number of carbonyl (C=O) groups is 2. The summed E-state index contributed by atoms with van der Waals surface area (Å²) in [5.41, 5.74) is 3.47. The van der Waals surface area contributed by atoms with Gasteiger partial charge in [0.2, 0.25) is 5.91 Å². The number of nitrogens with one attached hydrogen (secondary N) is 1. The van der Waals surface area contributed by atoms with Gasteiger partial charge in [0.05, 0.1) is 12.5 Å². The molecule has 2 aromatic rings. The number of aryl methyl sites for hydroxylation is 1. The molecule has 2 aliphatic rings. The van der Waals surface area contributed by atoms with Crippen LogP contribution in [-0.4, -0.2) is 17.0 Å². The molecule has 4 heteroatoms. The molecule has 0 aliphatic heterocycles. The number of carboxylic acid groups (broad SMARTS) is 1. The van der Waals surface area contributed by atoms with Crippen molar-refractivity contribution in [1.29, 1.82) is 0 Å². The molecule has 2 aromatic carbocycles. The van der Waals surface area contributed by atoms with Crippen LogP contribution in [0, 0.1) is 5.92 Å². The number of hydrogen-bond donors (Lipinski definition) is 2. The normalized spacial score (nSPS) is 24.6. The number of rotatable bonds is 5. The van der Waals surface area contributed by atoms with Gasteiger partial charge in [-0.1, -0.05) is 54.6 Å². The molecular formula is C21H21NO3. The first-order valence-corrected chi connectivity index (χ1v) is 8.76. The molecule has 2 aliphatic carbocycles. The van der Waals surface area contributed by atoms with Gasteiger partial charge >= 0.3 is 5.97 Å². The Morgan fingerprint density at radius 3 is 2.60 bits per heavy atom. The van der Waals surface area contributed by atoms with Crippen LogP contribution in [0.5, 0.6) is 0 Å². The summed E-state index contributed by atoms with van der Waals surface area (Å²) < 4.78 is 0. The Bertz CT molecular complexity index is 817. The van der Waals surface area contributed by atoms with Crippen molar-refractivity contribution in [3.05, 3.63) is 71.3 Å². The largest absolute Gasteiger partial charge is 0.481 e. The second-order valence-electron chi connectivity index (χ2n) is 7.14. The molecule has 4 rings (SSSR count). The maximum Gasteiger partial charge on any atom is 0.305 e.